The smallest absolute Gasteiger partial charge is 0.118 e. The fraction of sp³-hybridized carbons (Fsp3) is 0.250. The van der Waals surface area contributed by atoms with Crippen LogP contribution in [0.5, 0.6) is 0 Å². The molecule has 7 heavy (non-hydrogen) atoms. The normalized spacial score (nSPS) is 18.1. The molecule has 0 unspecified atom stereocenters. The summed E-state index contributed by atoms with van der Waals surface area (Å²) in [5.74, 6) is 0. The standard InChI is InChI=1S/C4H5IN2/c5-7-3-1-2-6-4-7/h1-3H,4H2. The zero-order chi connectivity index (χ0) is 5.11. The van der Waals surface area contributed by atoms with Gasteiger partial charge in [0.2, 0.25) is 0 Å². The number of aliphatic imine (C=N–C) groups is 1. The molecule has 0 aliphatic carbocycles. The second kappa shape index (κ2) is 2.30. The van der Waals surface area contributed by atoms with Gasteiger partial charge < -0.3 is 3.11 Å². The van der Waals surface area contributed by atoms with Crippen molar-refractivity contribution in [2.24, 2.45) is 4.99 Å². The Hall–Kier alpha value is -0.0600. The zero-order valence-electron chi connectivity index (χ0n) is 3.71. The van der Waals surface area contributed by atoms with E-state index in [9.17, 15) is 0 Å². The molecule has 0 aromatic heterocycles. The van der Waals surface area contributed by atoms with Crippen LogP contribution in [-0.2, 0) is 0 Å². The Labute approximate surface area is 56.4 Å². The van der Waals surface area contributed by atoms with E-state index in [-0.39, 0.29) is 0 Å². The molecule has 38 valence electrons. The molecule has 0 saturated heterocycles. The summed E-state index contributed by atoms with van der Waals surface area (Å²) in [6.45, 7) is 0.789. The molecule has 1 aliphatic rings. The van der Waals surface area contributed by atoms with Gasteiger partial charge in [-0.3, -0.25) is 4.99 Å². The third-order valence-electron chi connectivity index (χ3n) is 0.656. The van der Waals surface area contributed by atoms with Crippen molar-refractivity contribution in [2.75, 3.05) is 6.67 Å². The SMILES string of the molecule is IN1C=CC=NC1. The minimum Gasteiger partial charge on any atom is -0.301 e. The van der Waals surface area contributed by atoms with Crippen LogP contribution in [0.4, 0.5) is 0 Å². The van der Waals surface area contributed by atoms with Gasteiger partial charge in [-0.25, -0.2) is 0 Å². The Morgan fingerprint density at radius 1 is 1.71 bits per heavy atom. The molecule has 0 amide bonds. The third-order valence-corrected chi connectivity index (χ3v) is 1.28. The van der Waals surface area contributed by atoms with E-state index in [1.807, 2.05) is 15.4 Å². The Bertz CT molecular complexity index is 108. The largest absolute Gasteiger partial charge is 0.301 e. The molecular weight excluding hydrogens is 203 g/mol. The maximum Gasteiger partial charge on any atom is 0.118 e. The van der Waals surface area contributed by atoms with Gasteiger partial charge in [0.05, 0.1) is 22.9 Å². The molecule has 1 heterocycles. The highest BCUT2D eigenvalue weighted by molar-refractivity contribution is 14.1. The van der Waals surface area contributed by atoms with Crippen LogP contribution < -0.4 is 0 Å². The molecule has 0 aromatic carbocycles. The van der Waals surface area contributed by atoms with Crippen LogP contribution >= 0.6 is 22.9 Å². The molecule has 0 aromatic rings. The zero-order valence-corrected chi connectivity index (χ0v) is 5.87. The minimum absolute atomic E-state index is 0.789. The molecule has 2 nitrogen and oxygen atoms in total. The lowest BCUT2D eigenvalue weighted by Crippen LogP contribution is -2.04. The van der Waals surface area contributed by atoms with E-state index in [2.05, 4.69) is 27.9 Å². The van der Waals surface area contributed by atoms with E-state index in [1.165, 1.54) is 0 Å². The lowest BCUT2D eigenvalue weighted by Gasteiger charge is -2.07. The van der Waals surface area contributed by atoms with Crippen molar-refractivity contribution < 1.29 is 0 Å². The first kappa shape index (κ1) is 5.08. The highest BCUT2D eigenvalue weighted by Gasteiger charge is 1.89. The molecule has 0 atom stereocenters. The van der Waals surface area contributed by atoms with Crippen molar-refractivity contribution in [2.45, 2.75) is 0 Å². The van der Waals surface area contributed by atoms with Crippen LogP contribution in [0.1, 0.15) is 0 Å². The lowest BCUT2D eigenvalue weighted by atomic mass is 10.6. The first-order valence-electron chi connectivity index (χ1n) is 1.98. The van der Waals surface area contributed by atoms with Gasteiger partial charge >= 0.3 is 0 Å². The Kier molecular flexibility index (Phi) is 1.67. The van der Waals surface area contributed by atoms with Crippen LogP contribution in [0.15, 0.2) is 17.3 Å². The number of halogens is 1. The van der Waals surface area contributed by atoms with E-state index >= 15 is 0 Å². The van der Waals surface area contributed by atoms with Crippen molar-refractivity contribution in [3.63, 3.8) is 0 Å². The summed E-state index contributed by atoms with van der Waals surface area (Å²) in [6.07, 6.45) is 5.69. The fourth-order valence-corrected chi connectivity index (χ4v) is 0.727. The van der Waals surface area contributed by atoms with Gasteiger partial charge in [-0.05, 0) is 6.08 Å². The molecule has 0 saturated carbocycles. The van der Waals surface area contributed by atoms with Crippen molar-refractivity contribution in [1.82, 2.24) is 3.11 Å². The van der Waals surface area contributed by atoms with Gasteiger partial charge in [0.15, 0.2) is 0 Å². The van der Waals surface area contributed by atoms with Crippen molar-refractivity contribution in [3.05, 3.63) is 12.3 Å². The second-order valence-electron chi connectivity index (χ2n) is 1.21. The summed E-state index contributed by atoms with van der Waals surface area (Å²) in [5.41, 5.74) is 0. The van der Waals surface area contributed by atoms with Gasteiger partial charge in [-0.1, -0.05) is 0 Å². The number of hydrogen-bond donors (Lipinski definition) is 0. The van der Waals surface area contributed by atoms with Crippen LogP contribution in [0.25, 0.3) is 0 Å². The maximum atomic E-state index is 3.96. The van der Waals surface area contributed by atoms with E-state index in [4.69, 9.17) is 0 Å². The fourth-order valence-electron chi connectivity index (χ4n) is 0.365. The number of hydrogen-bond acceptors (Lipinski definition) is 2. The monoisotopic (exact) mass is 208 g/mol. The molecule has 0 bridgehead atoms. The Morgan fingerprint density at radius 2 is 2.57 bits per heavy atom. The highest BCUT2D eigenvalue weighted by Crippen LogP contribution is 2.00. The molecule has 1 aliphatic heterocycles. The quantitative estimate of drug-likeness (QED) is 0.431. The van der Waals surface area contributed by atoms with Crippen LogP contribution in [0.3, 0.4) is 0 Å². The van der Waals surface area contributed by atoms with Crippen LogP contribution in [0, 0.1) is 0 Å². The Morgan fingerprint density at radius 3 is 2.86 bits per heavy atom. The summed E-state index contributed by atoms with van der Waals surface area (Å²) >= 11 is 2.19. The molecular formula is C4H5IN2. The summed E-state index contributed by atoms with van der Waals surface area (Å²) in [5, 5.41) is 0. The predicted molar refractivity (Wildman–Crippen MR) is 38.4 cm³/mol. The first-order valence-corrected chi connectivity index (χ1v) is 2.95. The van der Waals surface area contributed by atoms with Gasteiger partial charge in [-0.15, -0.1) is 0 Å². The predicted octanol–water partition coefficient (Wildman–Crippen LogP) is 1.19. The lowest BCUT2D eigenvalue weighted by molar-refractivity contribution is 0.683. The Balaban J connectivity index is 2.49. The van der Waals surface area contributed by atoms with Gasteiger partial charge in [0, 0.05) is 12.4 Å². The van der Waals surface area contributed by atoms with E-state index in [0.29, 0.717) is 0 Å². The minimum atomic E-state index is 0.789. The van der Waals surface area contributed by atoms with Crippen LogP contribution in [0.2, 0.25) is 0 Å². The summed E-state index contributed by atoms with van der Waals surface area (Å²) in [6, 6.07) is 0. The van der Waals surface area contributed by atoms with E-state index in [0.717, 1.165) is 6.67 Å². The van der Waals surface area contributed by atoms with Gasteiger partial charge in [0.1, 0.15) is 6.67 Å². The number of allylic oxidation sites excluding steroid dienone is 1. The van der Waals surface area contributed by atoms with E-state index in [1.54, 1.807) is 6.21 Å². The number of nitrogens with zero attached hydrogens (tertiary/aromatic N) is 2. The average Bonchev–Trinajstić information content (AvgIpc) is 1.69. The summed E-state index contributed by atoms with van der Waals surface area (Å²) in [4.78, 5) is 3.96. The van der Waals surface area contributed by atoms with Gasteiger partial charge in [0.25, 0.3) is 0 Å². The van der Waals surface area contributed by atoms with Crippen molar-refractivity contribution in [3.8, 4) is 0 Å². The highest BCUT2D eigenvalue weighted by atomic mass is 127. The van der Waals surface area contributed by atoms with Crippen molar-refractivity contribution in [1.29, 1.82) is 0 Å². The molecule has 0 N–H and O–H groups in total. The maximum absolute atomic E-state index is 3.96. The molecule has 1 rings (SSSR count). The summed E-state index contributed by atoms with van der Waals surface area (Å²) in [7, 11) is 0. The molecule has 0 spiro atoms. The third kappa shape index (κ3) is 1.46. The molecule has 3 heteroatoms. The average molecular weight is 208 g/mol. The van der Waals surface area contributed by atoms with Crippen LogP contribution in [-0.4, -0.2) is 16.0 Å². The first-order chi connectivity index (χ1) is 3.39. The summed E-state index contributed by atoms with van der Waals surface area (Å²) < 4.78 is 1.98. The van der Waals surface area contributed by atoms with Gasteiger partial charge in [-0.2, -0.15) is 0 Å². The second-order valence-corrected chi connectivity index (χ2v) is 2.45. The molecule has 0 fully saturated rings. The number of rotatable bonds is 0. The topological polar surface area (TPSA) is 15.6 Å². The molecule has 0 radical (unpaired) electrons. The van der Waals surface area contributed by atoms with E-state index < -0.39 is 0 Å². The van der Waals surface area contributed by atoms with Crippen molar-refractivity contribution >= 4 is 29.1 Å².